The van der Waals surface area contributed by atoms with E-state index in [1.165, 1.54) is 30.3 Å². The van der Waals surface area contributed by atoms with Gasteiger partial charge in [-0.2, -0.15) is 0 Å². The molecule has 116 valence electrons. The Morgan fingerprint density at radius 2 is 1.73 bits per heavy atom. The first-order chi connectivity index (χ1) is 10.3. The van der Waals surface area contributed by atoms with Crippen molar-refractivity contribution in [2.45, 2.75) is 4.90 Å². The molecule has 8 heteroatoms. The van der Waals surface area contributed by atoms with Crippen molar-refractivity contribution in [3.63, 3.8) is 0 Å². The van der Waals surface area contributed by atoms with Crippen LogP contribution in [0, 0.1) is 0 Å². The molecule has 0 bridgehead atoms. The number of hydrogen-bond donors (Lipinski definition) is 1. The first-order valence-corrected chi connectivity index (χ1v) is 9.36. The summed E-state index contributed by atoms with van der Waals surface area (Å²) in [5.41, 5.74) is 0.808. The van der Waals surface area contributed by atoms with Crippen LogP contribution in [-0.4, -0.2) is 19.5 Å². The summed E-state index contributed by atoms with van der Waals surface area (Å²) in [7, 11) is -3.87. The molecule has 2 aromatic carbocycles. The lowest BCUT2D eigenvalue weighted by Crippen LogP contribution is -2.13. The molecule has 0 saturated heterocycles. The Bertz CT molecular complexity index is 807. The van der Waals surface area contributed by atoms with E-state index in [4.69, 9.17) is 23.2 Å². The number of rotatable bonds is 5. The van der Waals surface area contributed by atoms with Gasteiger partial charge in [0.05, 0.1) is 10.4 Å². The summed E-state index contributed by atoms with van der Waals surface area (Å²) in [4.78, 5) is 11.4. The molecule has 0 amide bonds. The molecule has 2 rings (SSSR count). The van der Waals surface area contributed by atoms with Crippen LogP contribution in [0.1, 0.15) is 10.4 Å². The van der Waals surface area contributed by atoms with Crippen molar-refractivity contribution in [3.05, 3.63) is 58.1 Å². The molecule has 22 heavy (non-hydrogen) atoms. The highest BCUT2D eigenvalue weighted by Gasteiger charge is 2.18. The number of Topliss-reactive ketones (excluding diaryl/α,β-unsaturated/α-hetero) is 1. The smallest absolute Gasteiger partial charge is 0.263 e. The van der Waals surface area contributed by atoms with Crippen molar-refractivity contribution < 1.29 is 13.2 Å². The van der Waals surface area contributed by atoms with E-state index >= 15 is 0 Å². The number of alkyl halides is 1. The number of sulfonamides is 1. The molecule has 0 atom stereocenters. The van der Waals surface area contributed by atoms with E-state index in [0.717, 1.165) is 0 Å². The Hall–Kier alpha value is -1.08. The van der Waals surface area contributed by atoms with E-state index in [2.05, 4.69) is 20.7 Å². The molecule has 0 aliphatic rings. The third kappa shape index (κ3) is 4.01. The summed E-state index contributed by atoms with van der Waals surface area (Å²) in [6.45, 7) is 0. The van der Waals surface area contributed by atoms with Crippen LogP contribution in [-0.2, 0) is 10.0 Å². The van der Waals surface area contributed by atoms with Crippen LogP contribution in [0.25, 0.3) is 0 Å². The van der Waals surface area contributed by atoms with Gasteiger partial charge in [-0.15, -0.1) is 0 Å². The number of hydrogen-bond acceptors (Lipinski definition) is 3. The fourth-order valence-corrected chi connectivity index (χ4v) is 3.84. The minimum atomic E-state index is -3.87. The monoisotopic (exact) mass is 421 g/mol. The zero-order valence-electron chi connectivity index (χ0n) is 11.0. The molecular weight excluding hydrogens is 413 g/mol. The van der Waals surface area contributed by atoms with E-state index in [9.17, 15) is 13.2 Å². The minimum Gasteiger partial charge on any atom is -0.293 e. The van der Waals surface area contributed by atoms with Crippen molar-refractivity contribution in [1.82, 2.24) is 0 Å². The normalized spacial score (nSPS) is 11.2. The van der Waals surface area contributed by atoms with E-state index < -0.39 is 10.0 Å². The molecule has 0 aliphatic carbocycles. The zero-order valence-corrected chi connectivity index (χ0v) is 14.9. The topological polar surface area (TPSA) is 63.2 Å². The summed E-state index contributed by atoms with van der Waals surface area (Å²) in [6.07, 6.45) is 0. The van der Waals surface area contributed by atoms with E-state index in [1.807, 2.05) is 0 Å². The van der Waals surface area contributed by atoms with Crippen LogP contribution in [0.4, 0.5) is 5.69 Å². The van der Waals surface area contributed by atoms with Gasteiger partial charge in [-0.25, -0.2) is 8.42 Å². The third-order valence-corrected chi connectivity index (χ3v) is 5.37. The number of benzene rings is 2. The number of nitrogens with one attached hydrogen (secondary N) is 1. The van der Waals surface area contributed by atoms with E-state index in [0.29, 0.717) is 11.3 Å². The zero-order chi connectivity index (χ0) is 16.3. The van der Waals surface area contributed by atoms with Gasteiger partial charge in [0.25, 0.3) is 10.0 Å². The van der Waals surface area contributed by atoms with Crippen molar-refractivity contribution in [3.8, 4) is 0 Å². The number of carbonyl (C=O) groups excluding carboxylic acids is 1. The quantitative estimate of drug-likeness (QED) is 0.574. The van der Waals surface area contributed by atoms with Crippen molar-refractivity contribution in [2.75, 3.05) is 10.1 Å². The molecule has 0 fully saturated rings. The highest BCUT2D eigenvalue weighted by molar-refractivity contribution is 9.09. The Morgan fingerprint density at radius 1 is 1.09 bits per heavy atom. The predicted octanol–water partition coefficient (Wildman–Crippen LogP) is 4.37. The van der Waals surface area contributed by atoms with E-state index in [-0.39, 0.29) is 26.1 Å². The summed E-state index contributed by atoms with van der Waals surface area (Å²) < 4.78 is 27.0. The maximum absolute atomic E-state index is 12.3. The molecule has 2 aromatic rings. The number of carbonyl (C=O) groups is 1. The molecule has 0 unspecified atom stereocenters. The van der Waals surface area contributed by atoms with Gasteiger partial charge < -0.3 is 0 Å². The summed E-state index contributed by atoms with van der Waals surface area (Å²) in [6, 6.07) is 10.3. The fourth-order valence-electron chi connectivity index (χ4n) is 1.69. The van der Waals surface area contributed by atoms with Crippen LogP contribution in [0.5, 0.6) is 0 Å². The largest absolute Gasteiger partial charge is 0.293 e. The van der Waals surface area contributed by atoms with Crippen LogP contribution >= 0.6 is 39.1 Å². The fraction of sp³-hybridized carbons (Fsp3) is 0.0714. The lowest BCUT2D eigenvalue weighted by atomic mass is 10.1. The van der Waals surface area contributed by atoms with Crippen LogP contribution in [0.15, 0.2) is 47.4 Å². The first kappa shape index (κ1) is 17.3. The summed E-state index contributed by atoms with van der Waals surface area (Å²) in [5, 5.41) is 0.543. The van der Waals surface area contributed by atoms with Gasteiger partial charge >= 0.3 is 0 Å². The van der Waals surface area contributed by atoms with Gasteiger partial charge in [0, 0.05) is 16.3 Å². The Kier molecular flexibility index (Phi) is 5.50. The molecule has 0 spiro atoms. The molecule has 1 N–H and O–H groups in total. The number of halogens is 3. The van der Waals surface area contributed by atoms with Crippen LogP contribution < -0.4 is 4.72 Å². The SMILES string of the molecule is O=C(CBr)c1ccc(NS(=O)(=O)c2cc(Cl)ccc2Cl)cc1. The standard InChI is InChI=1S/C14H10BrCl2NO3S/c15-8-13(19)9-1-4-11(5-2-9)18-22(20,21)14-7-10(16)3-6-12(14)17/h1-7,18H,8H2. The Morgan fingerprint density at radius 3 is 2.32 bits per heavy atom. The maximum Gasteiger partial charge on any atom is 0.263 e. The van der Waals surface area contributed by atoms with Gasteiger partial charge in [0.1, 0.15) is 4.90 Å². The van der Waals surface area contributed by atoms with E-state index in [1.54, 1.807) is 12.1 Å². The second-order valence-electron chi connectivity index (χ2n) is 4.31. The lowest BCUT2D eigenvalue weighted by Gasteiger charge is -2.10. The lowest BCUT2D eigenvalue weighted by molar-refractivity contribution is 0.102. The Labute approximate surface area is 146 Å². The highest BCUT2D eigenvalue weighted by atomic mass is 79.9. The second kappa shape index (κ2) is 7.00. The van der Waals surface area contributed by atoms with Gasteiger partial charge in [-0.05, 0) is 42.5 Å². The van der Waals surface area contributed by atoms with Crippen molar-refractivity contribution >= 4 is 60.6 Å². The number of ketones is 1. The van der Waals surface area contributed by atoms with Crippen molar-refractivity contribution in [2.24, 2.45) is 0 Å². The third-order valence-electron chi connectivity index (χ3n) is 2.76. The van der Waals surface area contributed by atoms with Gasteiger partial charge in [0.2, 0.25) is 0 Å². The summed E-state index contributed by atoms with van der Waals surface area (Å²) >= 11 is 14.8. The molecule has 0 heterocycles. The predicted molar refractivity (Wildman–Crippen MR) is 91.8 cm³/mol. The Balaban J connectivity index is 2.29. The molecular formula is C14H10BrCl2NO3S. The minimum absolute atomic E-state index is 0.0722. The molecule has 4 nitrogen and oxygen atoms in total. The molecule has 0 aliphatic heterocycles. The molecule has 0 radical (unpaired) electrons. The maximum atomic E-state index is 12.3. The first-order valence-electron chi connectivity index (χ1n) is 6.00. The highest BCUT2D eigenvalue weighted by Crippen LogP contribution is 2.26. The average molecular weight is 423 g/mol. The van der Waals surface area contributed by atoms with Crippen molar-refractivity contribution in [1.29, 1.82) is 0 Å². The van der Waals surface area contributed by atoms with Crippen LogP contribution in [0.3, 0.4) is 0 Å². The summed E-state index contributed by atoms with van der Waals surface area (Å²) in [5.74, 6) is -0.0905. The van der Waals surface area contributed by atoms with Crippen LogP contribution in [0.2, 0.25) is 10.0 Å². The van der Waals surface area contributed by atoms with Gasteiger partial charge in [0.15, 0.2) is 5.78 Å². The number of anilines is 1. The average Bonchev–Trinajstić information content (AvgIpc) is 2.49. The molecule has 0 saturated carbocycles. The van der Waals surface area contributed by atoms with Gasteiger partial charge in [-0.3, -0.25) is 9.52 Å². The second-order valence-corrected chi connectivity index (χ2v) is 7.37. The van der Waals surface area contributed by atoms with Gasteiger partial charge in [-0.1, -0.05) is 39.1 Å². The molecule has 0 aromatic heterocycles.